The molecule has 0 aromatic rings. The minimum Gasteiger partial charge on any atom is -0.474 e. The van der Waals surface area contributed by atoms with Crippen LogP contribution in [0.25, 0.3) is 0 Å². The van der Waals surface area contributed by atoms with Gasteiger partial charge >= 0.3 is 0 Å². The minimum absolute atomic E-state index is 0.269. The standard InChI is InChI=1S/C22H42N2/c1-14-10-11-22(24-7)16(3)8-9-18-15(2)12-17(19(14)20(18)22)13-21(4,5)23-6/h14-20H,6-13,23-24H2,1-5H3/t14-,15-,16-,17-,18-,19+,20-,22-/m1/s1. The monoisotopic (exact) mass is 334 g/mol. The maximum Gasteiger partial charge on any atom is 0.0783 e. The third-order valence-electron chi connectivity index (χ3n) is 8.71. The van der Waals surface area contributed by atoms with E-state index in [1.54, 1.807) is 0 Å². The molecule has 0 bridgehead atoms. The Labute approximate surface area is 150 Å². The number of rotatable bonds is 4. The molecule has 0 aromatic carbocycles. The van der Waals surface area contributed by atoms with Crippen LogP contribution in [0.2, 0.25) is 0 Å². The molecule has 0 aliphatic heterocycles. The molecule has 8 atom stereocenters. The van der Waals surface area contributed by atoms with Crippen LogP contribution in [0.1, 0.15) is 73.1 Å². The quantitative estimate of drug-likeness (QED) is 0.741. The summed E-state index contributed by atoms with van der Waals surface area (Å²) in [6, 6.07) is 0. The highest BCUT2D eigenvalue weighted by molar-refractivity contribution is 5.09. The van der Waals surface area contributed by atoms with Crippen molar-refractivity contribution >= 4 is 0 Å². The summed E-state index contributed by atoms with van der Waals surface area (Å²) >= 11 is 0. The zero-order chi connectivity index (χ0) is 17.7. The van der Waals surface area contributed by atoms with E-state index >= 15 is 0 Å². The summed E-state index contributed by atoms with van der Waals surface area (Å²) < 4.78 is 0. The Morgan fingerprint density at radius 3 is 2.38 bits per heavy atom. The van der Waals surface area contributed by atoms with E-state index in [4.69, 9.17) is 0 Å². The van der Waals surface area contributed by atoms with E-state index in [-0.39, 0.29) is 5.54 Å². The average molecular weight is 335 g/mol. The second kappa shape index (κ2) is 6.58. The molecule has 3 fully saturated rings. The van der Waals surface area contributed by atoms with Gasteiger partial charge in [0.25, 0.3) is 0 Å². The Bertz CT molecular complexity index is 445. The lowest BCUT2D eigenvalue weighted by atomic mass is 9.43. The van der Waals surface area contributed by atoms with Gasteiger partial charge in [0.15, 0.2) is 0 Å². The number of nitrogens with two attached hydrogens (primary N) is 2. The molecule has 0 radical (unpaired) electrons. The Kier molecular flexibility index (Phi) is 5.13. The third-order valence-corrected chi connectivity index (χ3v) is 8.71. The first-order chi connectivity index (χ1) is 11.3. The highest BCUT2D eigenvalue weighted by Crippen LogP contribution is 2.60. The van der Waals surface area contributed by atoms with E-state index in [9.17, 15) is 0 Å². The number of quaternary nitrogens is 2. The topological polar surface area (TPSA) is 33.2 Å². The van der Waals surface area contributed by atoms with Gasteiger partial charge in [-0.1, -0.05) is 20.8 Å². The molecular formula is C22H42N2. The van der Waals surface area contributed by atoms with Crippen molar-refractivity contribution < 1.29 is 10.6 Å². The smallest absolute Gasteiger partial charge is 0.0783 e. The van der Waals surface area contributed by atoms with Gasteiger partial charge in [-0.05, 0) is 69.1 Å². The van der Waals surface area contributed by atoms with Gasteiger partial charge in [-0.25, -0.2) is 0 Å². The molecule has 3 aliphatic rings. The van der Waals surface area contributed by atoms with Crippen molar-refractivity contribution in [1.82, 2.24) is 0 Å². The molecule has 0 aromatic heterocycles. The van der Waals surface area contributed by atoms with Crippen molar-refractivity contribution in [3.05, 3.63) is 14.1 Å². The molecule has 3 aliphatic carbocycles. The minimum atomic E-state index is 0.269. The lowest BCUT2D eigenvalue weighted by Crippen LogP contribution is -2.98. The van der Waals surface area contributed by atoms with Crippen molar-refractivity contribution in [2.24, 2.45) is 41.4 Å². The summed E-state index contributed by atoms with van der Waals surface area (Å²) in [7, 11) is 8.51. The summed E-state index contributed by atoms with van der Waals surface area (Å²) in [4.78, 5) is 0. The van der Waals surface area contributed by atoms with Gasteiger partial charge in [0.2, 0.25) is 0 Å². The summed E-state index contributed by atoms with van der Waals surface area (Å²) in [5, 5.41) is 4.61. The normalized spacial score (nSPS) is 48.9. The third kappa shape index (κ3) is 2.86. The first kappa shape index (κ1) is 18.7. The molecule has 4 N–H and O–H groups in total. The molecule has 0 amide bonds. The molecule has 24 heavy (non-hydrogen) atoms. The lowest BCUT2D eigenvalue weighted by Gasteiger charge is -2.63. The van der Waals surface area contributed by atoms with Gasteiger partial charge in [-0.3, -0.25) is 0 Å². The van der Waals surface area contributed by atoms with E-state index in [0.717, 1.165) is 41.4 Å². The Morgan fingerprint density at radius 2 is 1.75 bits per heavy atom. The van der Waals surface area contributed by atoms with Crippen LogP contribution in [-0.4, -0.2) is 11.1 Å². The molecule has 0 heterocycles. The Hall–Kier alpha value is -0.0800. The van der Waals surface area contributed by atoms with Crippen molar-refractivity contribution in [3.8, 4) is 0 Å². The van der Waals surface area contributed by atoms with Crippen molar-refractivity contribution in [2.45, 2.75) is 84.2 Å². The van der Waals surface area contributed by atoms with E-state index in [1.807, 2.05) is 0 Å². The SMILES string of the molecule is [CH2-][NH2+]C(C)(C)C[C@H]1C[C@@H](C)[C@H]2CC[C@@H](C)[C@]3([NH2+][CH2-])CC[C@@H](C)[C@@H]1[C@@H]23. The highest BCUT2D eigenvalue weighted by atomic mass is 15.0. The highest BCUT2D eigenvalue weighted by Gasteiger charge is 2.61. The van der Waals surface area contributed by atoms with Gasteiger partial charge in [0.1, 0.15) is 0 Å². The first-order valence-corrected chi connectivity index (χ1v) is 10.5. The van der Waals surface area contributed by atoms with E-state index in [1.165, 1.54) is 38.5 Å². The molecule has 0 saturated heterocycles. The van der Waals surface area contributed by atoms with Crippen LogP contribution < -0.4 is 10.6 Å². The van der Waals surface area contributed by atoms with Crippen LogP contribution in [0.4, 0.5) is 0 Å². The number of hydrogen-bond acceptors (Lipinski definition) is 0. The van der Waals surface area contributed by atoms with Crippen LogP contribution in [0.15, 0.2) is 0 Å². The predicted octanol–water partition coefficient (Wildman–Crippen LogP) is 2.97. The van der Waals surface area contributed by atoms with Gasteiger partial charge in [0.05, 0.1) is 11.1 Å². The van der Waals surface area contributed by atoms with Gasteiger partial charge in [0, 0.05) is 24.7 Å². The predicted molar refractivity (Wildman–Crippen MR) is 101 cm³/mol. The largest absolute Gasteiger partial charge is 0.474 e. The van der Waals surface area contributed by atoms with Crippen molar-refractivity contribution in [3.63, 3.8) is 0 Å². The lowest BCUT2D eigenvalue weighted by molar-refractivity contribution is -0.706. The molecule has 2 nitrogen and oxygen atoms in total. The van der Waals surface area contributed by atoms with Crippen LogP contribution >= 0.6 is 0 Å². The van der Waals surface area contributed by atoms with Crippen molar-refractivity contribution in [1.29, 1.82) is 0 Å². The molecule has 3 rings (SSSR count). The van der Waals surface area contributed by atoms with Crippen LogP contribution in [0.3, 0.4) is 0 Å². The fourth-order valence-electron chi connectivity index (χ4n) is 7.32. The molecule has 140 valence electrons. The molecule has 3 saturated carbocycles. The fourth-order valence-corrected chi connectivity index (χ4v) is 7.32. The van der Waals surface area contributed by atoms with Crippen LogP contribution in [0, 0.1) is 55.5 Å². The summed E-state index contributed by atoms with van der Waals surface area (Å²) in [5.41, 5.74) is 0.691. The van der Waals surface area contributed by atoms with Gasteiger partial charge in [-0.15, -0.1) is 0 Å². The molecule has 2 heteroatoms. The first-order valence-electron chi connectivity index (χ1n) is 10.5. The average Bonchev–Trinajstić information content (AvgIpc) is 2.54. The summed E-state index contributed by atoms with van der Waals surface area (Å²) in [6.07, 6.45) is 8.44. The Morgan fingerprint density at radius 1 is 1.04 bits per heavy atom. The maximum atomic E-state index is 4.39. The molecule has 0 spiro atoms. The van der Waals surface area contributed by atoms with Gasteiger partial charge < -0.3 is 10.6 Å². The second-order valence-corrected chi connectivity index (χ2v) is 10.4. The zero-order valence-corrected chi connectivity index (χ0v) is 16.9. The molecule has 0 unspecified atom stereocenters. The maximum absolute atomic E-state index is 4.39. The second-order valence-electron chi connectivity index (χ2n) is 10.4. The number of hydrogen-bond donors (Lipinski definition) is 2. The van der Waals surface area contributed by atoms with Crippen LogP contribution in [-0.2, 0) is 0 Å². The zero-order valence-electron chi connectivity index (χ0n) is 16.9. The van der Waals surface area contributed by atoms with Crippen molar-refractivity contribution in [2.75, 3.05) is 0 Å². The fraction of sp³-hybridized carbons (Fsp3) is 0.909. The Balaban J connectivity index is 1.97. The molecular weight excluding hydrogens is 292 g/mol. The summed E-state index contributed by atoms with van der Waals surface area (Å²) in [5.74, 6) is 6.19. The van der Waals surface area contributed by atoms with Crippen LogP contribution in [0.5, 0.6) is 0 Å². The summed E-state index contributed by atoms with van der Waals surface area (Å²) in [6.45, 7) is 12.4. The van der Waals surface area contributed by atoms with E-state index < -0.39 is 0 Å². The van der Waals surface area contributed by atoms with E-state index in [0.29, 0.717) is 5.54 Å². The van der Waals surface area contributed by atoms with Gasteiger partial charge in [-0.2, -0.15) is 14.1 Å². The van der Waals surface area contributed by atoms with E-state index in [2.05, 4.69) is 59.3 Å².